The fourth-order valence-corrected chi connectivity index (χ4v) is 2.14. The van der Waals surface area contributed by atoms with Crippen molar-refractivity contribution in [2.75, 3.05) is 19.7 Å². The molecule has 100 valence electrons. The first-order valence-corrected chi connectivity index (χ1v) is 6.06. The number of aliphatic hydroxyl groups is 1. The van der Waals surface area contributed by atoms with Crippen molar-refractivity contribution in [1.82, 2.24) is 10.3 Å². The number of morpholine rings is 1. The Labute approximate surface area is 102 Å². The van der Waals surface area contributed by atoms with E-state index in [1.165, 1.54) is 0 Å². The molecule has 3 atom stereocenters. The normalized spacial score (nSPS) is 27.8. The van der Waals surface area contributed by atoms with Gasteiger partial charge in [0.25, 0.3) is 0 Å². The minimum atomic E-state index is -0.142. The number of carbonyl (C=O) groups is 1. The highest BCUT2D eigenvalue weighted by Gasteiger charge is 2.27. The van der Waals surface area contributed by atoms with Crippen molar-refractivity contribution >= 4 is 5.91 Å². The van der Waals surface area contributed by atoms with Crippen molar-refractivity contribution < 1.29 is 14.6 Å². The number of nitrogens with one attached hydrogen (secondary N) is 1. The van der Waals surface area contributed by atoms with Gasteiger partial charge in [0, 0.05) is 25.6 Å². The summed E-state index contributed by atoms with van der Waals surface area (Å²) in [5.74, 6) is 4.89. The number of hydrazine groups is 1. The van der Waals surface area contributed by atoms with Crippen LogP contribution in [0.25, 0.3) is 0 Å². The zero-order chi connectivity index (χ0) is 12.8. The average Bonchev–Trinajstić information content (AvgIpc) is 2.34. The predicted molar refractivity (Wildman–Crippen MR) is 64.0 cm³/mol. The molecular weight excluding hydrogens is 222 g/mol. The molecule has 6 nitrogen and oxygen atoms in total. The van der Waals surface area contributed by atoms with Crippen LogP contribution in [0.5, 0.6) is 0 Å². The minimum Gasteiger partial charge on any atom is -0.394 e. The second-order valence-corrected chi connectivity index (χ2v) is 4.66. The van der Waals surface area contributed by atoms with Gasteiger partial charge in [-0.3, -0.25) is 15.1 Å². The molecule has 0 aromatic carbocycles. The third kappa shape index (κ3) is 4.59. The highest BCUT2D eigenvalue weighted by Crippen LogP contribution is 2.16. The summed E-state index contributed by atoms with van der Waals surface area (Å²) in [4.78, 5) is 13.3. The Morgan fingerprint density at radius 2 is 2.35 bits per heavy atom. The summed E-state index contributed by atoms with van der Waals surface area (Å²) in [5.41, 5.74) is 2.13. The molecule has 1 saturated heterocycles. The second-order valence-electron chi connectivity index (χ2n) is 4.66. The monoisotopic (exact) mass is 245 g/mol. The molecule has 4 N–H and O–H groups in total. The van der Waals surface area contributed by atoms with Gasteiger partial charge in [-0.25, -0.2) is 5.84 Å². The van der Waals surface area contributed by atoms with Crippen LogP contribution in [0.3, 0.4) is 0 Å². The van der Waals surface area contributed by atoms with Crippen LogP contribution < -0.4 is 11.3 Å². The number of nitrogens with zero attached hydrogens (tertiary/aromatic N) is 1. The van der Waals surface area contributed by atoms with E-state index in [1.54, 1.807) is 0 Å². The van der Waals surface area contributed by atoms with Crippen molar-refractivity contribution in [3.05, 3.63) is 0 Å². The SMILES string of the molecule is CC1CN(C(C)CCC(=O)NN)CC(CO)O1. The summed E-state index contributed by atoms with van der Waals surface area (Å²) in [6.07, 6.45) is 1.18. The molecule has 1 heterocycles. The molecule has 1 rings (SSSR count). The largest absolute Gasteiger partial charge is 0.394 e. The summed E-state index contributed by atoms with van der Waals surface area (Å²) in [6, 6.07) is 0.285. The van der Waals surface area contributed by atoms with Gasteiger partial charge in [0.2, 0.25) is 5.91 Å². The summed E-state index contributed by atoms with van der Waals surface area (Å²) in [5, 5.41) is 9.13. The molecule has 1 fully saturated rings. The van der Waals surface area contributed by atoms with E-state index in [9.17, 15) is 4.79 Å². The minimum absolute atomic E-state index is 0.0385. The van der Waals surface area contributed by atoms with Crippen LogP contribution >= 0.6 is 0 Å². The molecule has 1 aliphatic heterocycles. The molecule has 0 spiro atoms. The molecule has 0 aromatic rings. The maximum atomic E-state index is 11.1. The Bertz CT molecular complexity index is 250. The predicted octanol–water partition coefficient (Wildman–Crippen LogP) is -0.773. The van der Waals surface area contributed by atoms with Crippen molar-refractivity contribution in [2.45, 2.75) is 44.9 Å². The number of carbonyl (C=O) groups excluding carboxylic acids is 1. The fourth-order valence-electron chi connectivity index (χ4n) is 2.14. The number of ether oxygens (including phenoxy) is 1. The summed E-state index contributed by atoms with van der Waals surface area (Å²) in [7, 11) is 0. The van der Waals surface area contributed by atoms with E-state index >= 15 is 0 Å². The van der Waals surface area contributed by atoms with Gasteiger partial charge in [-0.15, -0.1) is 0 Å². The Morgan fingerprint density at radius 3 is 2.94 bits per heavy atom. The number of aliphatic hydroxyl groups excluding tert-OH is 1. The molecule has 3 unspecified atom stereocenters. The molecular formula is C11H23N3O3. The fraction of sp³-hybridized carbons (Fsp3) is 0.909. The molecule has 0 saturated carbocycles. The Kier molecular flexibility index (Phi) is 5.84. The van der Waals surface area contributed by atoms with E-state index in [2.05, 4.69) is 17.2 Å². The van der Waals surface area contributed by atoms with Crippen molar-refractivity contribution in [2.24, 2.45) is 5.84 Å². The number of amides is 1. The quantitative estimate of drug-likeness (QED) is 0.336. The number of hydrogen-bond donors (Lipinski definition) is 3. The van der Waals surface area contributed by atoms with Crippen LogP contribution in [-0.4, -0.2) is 53.9 Å². The van der Waals surface area contributed by atoms with Crippen LogP contribution in [-0.2, 0) is 9.53 Å². The lowest BCUT2D eigenvalue weighted by Crippen LogP contribution is -2.51. The highest BCUT2D eigenvalue weighted by atomic mass is 16.5. The molecule has 1 amide bonds. The van der Waals surface area contributed by atoms with Gasteiger partial charge in [0.15, 0.2) is 0 Å². The first-order chi connectivity index (χ1) is 8.06. The summed E-state index contributed by atoms with van der Waals surface area (Å²) in [6.45, 7) is 5.66. The van der Waals surface area contributed by atoms with Gasteiger partial charge in [-0.1, -0.05) is 0 Å². The van der Waals surface area contributed by atoms with Crippen LogP contribution in [0.15, 0.2) is 0 Å². The van der Waals surface area contributed by atoms with Gasteiger partial charge >= 0.3 is 0 Å². The maximum Gasteiger partial charge on any atom is 0.233 e. The molecule has 0 radical (unpaired) electrons. The molecule has 17 heavy (non-hydrogen) atoms. The van der Waals surface area contributed by atoms with Gasteiger partial charge < -0.3 is 9.84 Å². The van der Waals surface area contributed by atoms with Crippen LogP contribution in [0.2, 0.25) is 0 Å². The number of rotatable bonds is 5. The van der Waals surface area contributed by atoms with Gasteiger partial charge in [-0.05, 0) is 20.3 Å². The van der Waals surface area contributed by atoms with Gasteiger partial charge in [0.1, 0.15) is 0 Å². The Morgan fingerprint density at radius 1 is 1.65 bits per heavy atom. The van der Waals surface area contributed by atoms with E-state index in [-0.39, 0.29) is 30.8 Å². The average molecular weight is 245 g/mol. The van der Waals surface area contributed by atoms with Crippen LogP contribution in [0, 0.1) is 0 Å². The lowest BCUT2D eigenvalue weighted by Gasteiger charge is -2.39. The third-order valence-corrected chi connectivity index (χ3v) is 3.13. The first-order valence-electron chi connectivity index (χ1n) is 6.06. The van der Waals surface area contributed by atoms with E-state index in [4.69, 9.17) is 15.7 Å². The topological polar surface area (TPSA) is 87.8 Å². The molecule has 0 aromatic heterocycles. The first kappa shape index (κ1) is 14.4. The zero-order valence-electron chi connectivity index (χ0n) is 10.6. The van der Waals surface area contributed by atoms with E-state index in [0.29, 0.717) is 13.0 Å². The van der Waals surface area contributed by atoms with Gasteiger partial charge in [0.05, 0.1) is 18.8 Å². The molecule has 6 heteroatoms. The zero-order valence-corrected chi connectivity index (χ0v) is 10.6. The Hall–Kier alpha value is -0.690. The Balaban J connectivity index is 2.39. The second kappa shape index (κ2) is 6.90. The van der Waals surface area contributed by atoms with E-state index in [0.717, 1.165) is 13.0 Å². The lowest BCUT2D eigenvalue weighted by molar-refractivity contribution is -0.122. The number of hydrogen-bond acceptors (Lipinski definition) is 5. The highest BCUT2D eigenvalue weighted by molar-refractivity contribution is 5.75. The van der Waals surface area contributed by atoms with Crippen molar-refractivity contribution in [3.8, 4) is 0 Å². The summed E-state index contributed by atoms with van der Waals surface area (Å²) >= 11 is 0. The maximum absolute atomic E-state index is 11.1. The van der Waals surface area contributed by atoms with Crippen LogP contribution in [0.4, 0.5) is 0 Å². The smallest absolute Gasteiger partial charge is 0.233 e. The van der Waals surface area contributed by atoms with Crippen molar-refractivity contribution in [1.29, 1.82) is 0 Å². The van der Waals surface area contributed by atoms with E-state index in [1.807, 2.05) is 6.92 Å². The van der Waals surface area contributed by atoms with Gasteiger partial charge in [-0.2, -0.15) is 0 Å². The van der Waals surface area contributed by atoms with Crippen LogP contribution in [0.1, 0.15) is 26.7 Å². The number of nitrogens with two attached hydrogens (primary N) is 1. The molecule has 0 bridgehead atoms. The molecule has 0 aliphatic carbocycles. The van der Waals surface area contributed by atoms with E-state index < -0.39 is 0 Å². The molecule has 1 aliphatic rings. The summed E-state index contributed by atoms with van der Waals surface area (Å²) < 4.78 is 5.57. The lowest BCUT2D eigenvalue weighted by atomic mass is 10.1. The van der Waals surface area contributed by atoms with Crippen molar-refractivity contribution in [3.63, 3.8) is 0 Å². The third-order valence-electron chi connectivity index (χ3n) is 3.13. The standard InChI is InChI=1S/C11H23N3O3/c1-8(3-4-11(16)13-12)14-5-9(2)17-10(6-14)7-15/h8-10,15H,3-7,12H2,1-2H3,(H,13,16).